The summed E-state index contributed by atoms with van der Waals surface area (Å²) >= 11 is 0. The van der Waals surface area contributed by atoms with Crippen molar-refractivity contribution in [2.45, 2.75) is 6.18 Å². The first kappa shape index (κ1) is 16.9. The number of hydrogen-bond acceptors (Lipinski definition) is 5. The summed E-state index contributed by atoms with van der Waals surface area (Å²) in [4.78, 5) is 24.8. The number of alkyl halides is 3. The highest BCUT2D eigenvalue weighted by Gasteiger charge is 2.38. The molecule has 126 valence electrons. The van der Waals surface area contributed by atoms with Gasteiger partial charge in [0.1, 0.15) is 0 Å². The zero-order valence-corrected chi connectivity index (χ0v) is 11.8. The maximum Gasteiger partial charge on any atom is 0.490 e. The minimum absolute atomic E-state index is 0.396. The molecule has 3 rings (SSSR count). The molecule has 0 spiro atoms. The number of nitrogens with one attached hydrogen (secondary N) is 2. The van der Waals surface area contributed by atoms with Gasteiger partial charge in [0.2, 0.25) is 0 Å². The van der Waals surface area contributed by atoms with Crippen molar-refractivity contribution < 1.29 is 27.5 Å². The average molecular weight is 333 g/mol. The molecule has 0 aliphatic carbocycles. The van der Waals surface area contributed by atoms with Crippen molar-refractivity contribution in [2.75, 3.05) is 31.1 Å². The minimum atomic E-state index is -5.08. The Morgan fingerprint density at radius 2 is 1.87 bits per heavy atom. The Kier molecular flexibility index (Phi) is 4.94. The fraction of sp³-hybridized carbons (Fsp3) is 0.385. The van der Waals surface area contributed by atoms with Crippen molar-refractivity contribution in [2.24, 2.45) is 0 Å². The zero-order chi connectivity index (χ0) is 17.0. The highest BCUT2D eigenvalue weighted by molar-refractivity contribution is 5.77. The molecule has 2 aromatic rings. The number of aromatic amines is 1. The average Bonchev–Trinajstić information content (AvgIpc) is 2.87. The lowest BCUT2D eigenvalue weighted by Crippen LogP contribution is -2.43. The molecule has 1 fully saturated rings. The van der Waals surface area contributed by atoms with Crippen molar-refractivity contribution in [3.63, 3.8) is 0 Å². The minimum Gasteiger partial charge on any atom is -0.475 e. The number of fused-ring (bicyclic) bond motifs is 1. The SMILES string of the molecule is O=C(O)C(F)(F)F.O=c1[nH]c2ccc(N3CCNCC3)cc2o1. The van der Waals surface area contributed by atoms with Crippen LogP contribution >= 0.6 is 0 Å². The van der Waals surface area contributed by atoms with Crippen LogP contribution in [0.2, 0.25) is 0 Å². The number of anilines is 1. The summed E-state index contributed by atoms with van der Waals surface area (Å²) < 4.78 is 36.8. The first-order valence-corrected chi connectivity index (χ1v) is 6.66. The van der Waals surface area contributed by atoms with Crippen molar-refractivity contribution in [1.82, 2.24) is 10.3 Å². The van der Waals surface area contributed by atoms with E-state index in [0.717, 1.165) is 37.4 Å². The highest BCUT2D eigenvalue weighted by Crippen LogP contribution is 2.20. The standard InChI is InChI=1S/C11H13N3O2.C2HF3O2/c15-11-13-9-2-1-8(7-10(9)16-11)14-5-3-12-4-6-14;3-2(4,5)1(6)7/h1-2,7,12H,3-6H2,(H,13,15);(H,6,7). The molecule has 23 heavy (non-hydrogen) atoms. The number of nitrogens with zero attached hydrogens (tertiary/aromatic N) is 1. The number of carbonyl (C=O) groups is 1. The molecule has 0 radical (unpaired) electrons. The van der Waals surface area contributed by atoms with Gasteiger partial charge < -0.3 is 19.7 Å². The maximum absolute atomic E-state index is 11.0. The number of halogens is 3. The third-order valence-corrected chi connectivity index (χ3v) is 3.13. The van der Waals surface area contributed by atoms with E-state index in [1.165, 1.54) is 0 Å². The Morgan fingerprint density at radius 3 is 2.43 bits per heavy atom. The molecule has 0 unspecified atom stereocenters. The first-order valence-electron chi connectivity index (χ1n) is 6.66. The van der Waals surface area contributed by atoms with Gasteiger partial charge in [0.15, 0.2) is 5.58 Å². The molecule has 0 bridgehead atoms. The number of carboxylic acids is 1. The summed E-state index contributed by atoms with van der Waals surface area (Å²) in [7, 11) is 0. The van der Waals surface area contributed by atoms with Crippen molar-refractivity contribution >= 4 is 22.8 Å². The van der Waals surface area contributed by atoms with Gasteiger partial charge in [0.25, 0.3) is 0 Å². The third kappa shape index (κ3) is 4.49. The first-order chi connectivity index (χ1) is 10.8. The molecule has 0 saturated carbocycles. The van der Waals surface area contributed by atoms with E-state index in [0.29, 0.717) is 5.58 Å². The molecule has 1 aromatic carbocycles. The Bertz CT molecular complexity index is 732. The normalized spacial score (nSPS) is 15.2. The number of rotatable bonds is 1. The van der Waals surface area contributed by atoms with Crippen molar-refractivity contribution in [1.29, 1.82) is 0 Å². The predicted octanol–water partition coefficient (Wildman–Crippen LogP) is 1.16. The molecule has 10 heteroatoms. The van der Waals surface area contributed by atoms with E-state index < -0.39 is 17.9 Å². The molecule has 1 saturated heterocycles. The lowest BCUT2D eigenvalue weighted by Gasteiger charge is -2.29. The lowest BCUT2D eigenvalue weighted by atomic mass is 10.2. The van der Waals surface area contributed by atoms with Crippen LogP contribution in [-0.4, -0.2) is 48.4 Å². The van der Waals surface area contributed by atoms with E-state index in [4.69, 9.17) is 14.3 Å². The third-order valence-electron chi connectivity index (χ3n) is 3.13. The Labute approximate surface area is 127 Å². The van der Waals surface area contributed by atoms with Crippen LogP contribution in [-0.2, 0) is 4.79 Å². The second-order valence-electron chi connectivity index (χ2n) is 4.73. The summed E-state index contributed by atoms with van der Waals surface area (Å²) in [6.45, 7) is 3.96. The lowest BCUT2D eigenvalue weighted by molar-refractivity contribution is -0.192. The number of piperazine rings is 1. The van der Waals surface area contributed by atoms with Crippen molar-refractivity contribution in [3.05, 3.63) is 28.7 Å². The van der Waals surface area contributed by atoms with Crippen molar-refractivity contribution in [3.8, 4) is 0 Å². The maximum atomic E-state index is 11.0. The molecule has 0 amide bonds. The molecule has 7 nitrogen and oxygen atoms in total. The van der Waals surface area contributed by atoms with Crippen LogP contribution in [0.15, 0.2) is 27.4 Å². The number of H-pyrrole nitrogens is 1. The Balaban J connectivity index is 0.000000236. The van der Waals surface area contributed by atoms with Gasteiger partial charge in [0.05, 0.1) is 5.52 Å². The number of oxazole rings is 1. The largest absolute Gasteiger partial charge is 0.490 e. The monoisotopic (exact) mass is 333 g/mol. The predicted molar refractivity (Wildman–Crippen MR) is 75.6 cm³/mol. The van der Waals surface area contributed by atoms with Gasteiger partial charge in [-0.2, -0.15) is 13.2 Å². The second-order valence-corrected chi connectivity index (χ2v) is 4.73. The van der Waals surface area contributed by atoms with Crippen LogP contribution in [0.4, 0.5) is 18.9 Å². The zero-order valence-electron chi connectivity index (χ0n) is 11.8. The van der Waals surface area contributed by atoms with Gasteiger partial charge in [-0.05, 0) is 12.1 Å². The molecule has 1 aliphatic heterocycles. The smallest absolute Gasteiger partial charge is 0.475 e. The molecule has 2 heterocycles. The van der Waals surface area contributed by atoms with Gasteiger partial charge in [-0.3, -0.25) is 4.98 Å². The number of aliphatic carboxylic acids is 1. The topological polar surface area (TPSA) is 98.6 Å². The number of hydrogen-bond donors (Lipinski definition) is 3. The van der Waals surface area contributed by atoms with E-state index in [9.17, 15) is 18.0 Å². The summed E-state index contributed by atoms with van der Waals surface area (Å²) in [6.07, 6.45) is -5.08. The summed E-state index contributed by atoms with van der Waals surface area (Å²) in [5.41, 5.74) is 2.49. The fourth-order valence-corrected chi connectivity index (χ4v) is 2.05. The van der Waals surface area contributed by atoms with E-state index in [1.807, 2.05) is 18.2 Å². The summed E-state index contributed by atoms with van der Waals surface area (Å²) in [5.74, 6) is -3.15. The number of benzene rings is 1. The van der Waals surface area contributed by atoms with E-state index in [1.54, 1.807) is 0 Å². The van der Waals surface area contributed by atoms with Crippen LogP contribution < -0.4 is 16.0 Å². The highest BCUT2D eigenvalue weighted by atomic mass is 19.4. The summed E-state index contributed by atoms with van der Waals surface area (Å²) in [5, 5.41) is 10.4. The van der Waals surface area contributed by atoms with Crippen LogP contribution in [0.25, 0.3) is 11.1 Å². The second kappa shape index (κ2) is 6.73. The van der Waals surface area contributed by atoms with Gasteiger partial charge in [0, 0.05) is 37.9 Å². The van der Waals surface area contributed by atoms with Gasteiger partial charge in [-0.1, -0.05) is 0 Å². The number of aromatic nitrogens is 1. The van der Waals surface area contributed by atoms with Crippen LogP contribution in [0.1, 0.15) is 0 Å². The van der Waals surface area contributed by atoms with Gasteiger partial charge in [-0.15, -0.1) is 0 Å². The van der Waals surface area contributed by atoms with E-state index in [-0.39, 0.29) is 0 Å². The fourth-order valence-electron chi connectivity index (χ4n) is 2.05. The van der Waals surface area contributed by atoms with Gasteiger partial charge in [-0.25, -0.2) is 9.59 Å². The quantitative estimate of drug-likeness (QED) is 0.724. The molecule has 1 aliphatic rings. The van der Waals surface area contributed by atoms with Crippen LogP contribution in [0.5, 0.6) is 0 Å². The van der Waals surface area contributed by atoms with E-state index >= 15 is 0 Å². The summed E-state index contributed by atoms with van der Waals surface area (Å²) in [6, 6.07) is 5.81. The Morgan fingerprint density at radius 1 is 1.26 bits per heavy atom. The number of carboxylic acid groups (broad SMARTS) is 1. The van der Waals surface area contributed by atoms with Gasteiger partial charge >= 0.3 is 17.9 Å². The molecule has 0 atom stereocenters. The molecular formula is C13H14F3N3O4. The molecule has 3 N–H and O–H groups in total. The molecule has 1 aromatic heterocycles. The van der Waals surface area contributed by atoms with Crippen LogP contribution in [0.3, 0.4) is 0 Å². The van der Waals surface area contributed by atoms with E-state index in [2.05, 4.69) is 15.2 Å². The molecular weight excluding hydrogens is 319 g/mol. The van der Waals surface area contributed by atoms with Crippen LogP contribution in [0, 0.1) is 0 Å². The Hall–Kier alpha value is -2.49.